The second-order valence-electron chi connectivity index (χ2n) is 18.2. The average Bonchev–Trinajstić information content (AvgIpc) is 3.33. The van der Waals surface area contributed by atoms with Gasteiger partial charge in [0.2, 0.25) is 0 Å². The lowest BCUT2D eigenvalue weighted by Gasteiger charge is -2.04. The SMILES string of the molecule is CC#CCCCCCCCCCCOC(=O)C/C=C/CC(=O)OCCCCCCCCCCC#CC.O=C1C/C=C/CC(=O)OCCCCCCCCCCC#CCCCCCCCCCCO1. The van der Waals surface area contributed by atoms with Crippen molar-refractivity contribution in [3.63, 3.8) is 0 Å². The number of unbranched alkanes of at least 4 members (excludes halogenated alkanes) is 16. The van der Waals surface area contributed by atoms with Crippen LogP contribution in [0.25, 0.3) is 0 Å². The first-order valence-electron chi connectivity index (χ1n) is 27.7. The fraction of sp³-hybridized carbons (Fsp3) is 0.767. The van der Waals surface area contributed by atoms with Gasteiger partial charge in [-0.1, -0.05) is 178 Å². The third-order valence-electron chi connectivity index (χ3n) is 11.8. The van der Waals surface area contributed by atoms with E-state index in [0.717, 1.165) is 77.0 Å². The highest BCUT2D eigenvalue weighted by molar-refractivity contribution is 5.73. The molecule has 8 nitrogen and oxygen atoms in total. The van der Waals surface area contributed by atoms with E-state index < -0.39 is 0 Å². The quantitative estimate of drug-likeness (QED) is 0.0310. The van der Waals surface area contributed by atoms with Gasteiger partial charge in [0.15, 0.2) is 0 Å². The minimum atomic E-state index is -0.232. The van der Waals surface area contributed by atoms with E-state index in [1.54, 1.807) is 24.3 Å². The third kappa shape index (κ3) is 54.6. The lowest BCUT2D eigenvalue weighted by molar-refractivity contribution is -0.144. The molecular formula is C60H98O8. The number of cyclic esters (lactones) is 2. The number of rotatable bonds is 24. The minimum absolute atomic E-state index is 0.210. The van der Waals surface area contributed by atoms with Crippen molar-refractivity contribution in [3.8, 4) is 35.5 Å². The van der Waals surface area contributed by atoms with E-state index in [4.69, 9.17) is 18.9 Å². The summed E-state index contributed by atoms with van der Waals surface area (Å²) in [5.74, 6) is 17.8. The highest BCUT2D eigenvalue weighted by Crippen LogP contribution is 2.14. The van der Waals surface area contributed by atoms with Gasteiger partial charge in [-0.05, 0) is 65.2 Å². The number of hydrogen-bond donors (Lipinski definition) is 0. The van der Waals surface area contributed by atoms with Crippen molar-refractivity contribution in [1.29, 1.82) is 0 Å². The van der Waals surface area contributed by atoms with Crippen LogP contribution in [-0.2, 0) is 38.1 Å². The third-order valence-corrected chi connectivity index (χ3v) is 11.8. The predicted octanol–water partition coefficient (Wildman–Crippen LogP) is 15.9. The van der Waals surface area contributed by atoms with E-state index in [9.17, 15) is 19.2 Å². The Balaban J connectivity index is 0.00000133. The summed E-state index contributed by atoms with van der Waals surface area (Å²) in [5.41, 5.74) is 0. The summed E-state index contributed by atoms with van der Waals surface area (Å²) in [6.07, 6.45) is 50.1. The second-order valence-corrected chi connectivity index (χ2v) is 18.2. The molecule has 0 radical (unpaired) electrons. The number of carbonyl (C=O) groups excluding carboxylic acids is 4. The van der Waals surface area contributed by atoms with Crippen LogP contribution in [-0.4, -0.2) is 50.3 Å². The minimum Gasteiger partial charge on any atom is -0.465 e. The van der Waals surface area contributed by atoms with Crippen molar-refractivity contribution in [2.24, 2.45) is 0 Å². The van der Waals surface area contributed by atoms with Crippen LogP contribution in [0.15, 0.2) is 24.3 Å². The van der Waals surface area contributed by atoms with E-state index in [-0.39, 0.29) is 49.6 Å². The van der Waals surface area contributed by atoms with Crippen molar-refractivity contribution in [1.82, 2.24) is 0 Å². The van der Waals surface area contributed by atoms with E-state index in [2.05, 4.69) is 35.5 Å². The van der Waals surface area contributed by atoms with E-state index in [1.807, 2.05) is 13.8 Å². The summed E-state index contributed by atoms with van der Waals surface area (Å²) >= 11 is 0. The largest absolute Gasteiger partial charge is 0.465 e. The molecule has 1 aliphatic heterocycles. The van der Waals surface area contributed by atoms with Gasteiger partial charge < -0.3 is 18.9 Å². The summed E-state index contributed by atoms with van der Waals surface area (Å²) in [7, 11) is 0. The molecule has 0 aromatic heterocycles. The standard InChI is InChI=1S/C32H52O4.C28H46O4/c1-3-5-7-9-11-13-15-17-19-21-25-29-35-31(33)27-23-24-28-32(34)36-30-26-22-20-18-16-14-12-10-8-6-4-2;29-27-23-19-20-24-28(30)32-26-22-18-16-14-12-10-8-6-4-2-1-3-5-7-9-11-13-15-17-21-25-31-27/h23-24H,7-22,25-30H2,1-2H3;19-20H,3-18,21-26H2/b24-23+;20-19+. The van der Waals surface area contributed by atoms with Crippen LogP contribution in [0.4, 0.5) is 0 Å². The van der Waals surface area contributed by atoms with E-state index in [1.165, 1.54) is 154 Å². The number of carbonyl (C=O) groups is 4. The van der Waals surface area contributed by atoms with Crippen molar-refractivity contribution < 1.29 is 38.1 Å². The Morgan fingerprint density at radius 2 is 0.779 bits per heavy atom. The van der Waals surface area contributed by atoms with Crippen molar-refractivity contribution in [2.45, 2.75) is 271 Å². The molecule has 8 heteroatoms. The summed E-state index contributed by atoms with van der Waals surface area (Å²) < 4.78 is 21.0. The lowest BCUT2D eigenvalue weighted by Crippen LogP contribution is -2.05. The van der Waals surface area contributed by atoms with Gasteiger partial charge in [-0.3, -0.25) is 19.2 Å². The van der Waals surface area contributed by atoms with E-state index >= 15 is 0 Å². The van der Waals surface area contributed by atoms with Gasteiger partial charge in [0.1, 0.15) is 0 Å². The molecule has 0 N–H and O–H groups in total. The molecule has 0 saturated carbocycles. The van der Waals surface area contributed by atoms with Gasteiger partial charge in [-0.25, -0.2) is 0 Å². The van der Waals surface area contributed by atoms with Crippen molar-refractivity contribution in [3.05, 3.63) is 24.3 Å². The van der Waals surface area contributed by atoms with Crippen LogP contribution in [0.1, 0.15) is 271 Å². The summed E-state index contributed by atoms with van der Waals surface area (Å²) in [6.45, 7) is 5.75. The van der Waals surface area contributed by atoms with Crippen molar-refractivity contribution in [2.75, 3.05) is 26.4 Å². The van der Waals surface area contributed by atoms with Gasteiger partial charge in [0.25, 0.3) is 0 Å². The zero-order valence-electron chi connectivity index (χ0n) is 43.7. The maximum Gasteiger partial charge on any atom is 0.309 e. The van der Waals surface area contributed by atoms with Crippen LogP contribution in [0.3, 0.4) is 0 Å². The fourth-order valence-corrected chi connectivity index (χ4v) is 7.63. The van der Waals surface area contributed by atoms with Gasteiger partial charge in [-0.15, -0.1) is 35.5 Å². The van der Waals surface area contributed by atoms with Crippen LogP contribution in [0.5, 0.6) is 0 Å². The Morgan fingerprint density at radius 1 is 0.471 bits per heavy atom. The Labute approximate surface area is 417 Å². The predicted molar refractivity (Wildman–Crippen MR) is 281 cm³/mol. The average molecular weight is 947 g/mol. The molecule has 68 heavy (non-hydrogen) atoms. The first-order chi connectivity index (χ1) is 33.5. The molecule has 0 aliphatic carbocycles. The van der Waals surface area contributed by atoms with E-state index in [0.29, 0.717) is 26.4 Å². The Kier molecular flexibility index (Phi) is 52.4. The molecule has 0 aromatic carbocycles. The molecule has 0 spiro atoms. The molecule has 386 valence electrons. The normalized spacial score (nSPS) is 16.0. The summed E-state index contributed by atoms with van der Waals surface area (Å²) in [4.78, 5) is 47.0. The van der Waals surface area contributed by atoms with Crippen LogP contribution in [0.2, 0.25) is 0 Å². The Bertz CT molecular complexity index is 1340. The Morgan fingerprint density at radius 3 is 1.13 bits per heavy atom. The topological polar surface area (TPSA) is 105 Å². The number of hydrogen-bond acceptors (Lipinski definition) is 8. The van der Waals surface area contributed by atoms with Gasteiger partial charge in [0.05, 0.1) is 52.1 Å². The van der Waals surface area contributed by atoms with Crippen LogP contribution < -0.4 is 0 Å². The molecule has 1 heterocycles. The second kappa shape index (κ2) is 55.6. The number of ether oxygens (including phenoxy) is 4. The van der Waals surface area contributed by atoms with Gasteiger partial charge in [0, 0.05) is 25.7 Å². The summed E-state index contributed by atoms with van der Waals surface area (Å²) in [6, 6.07) is 0. The zero-order chi connectivity index (χ0) is 49.3. The van der Waals surface area contributed by atoms with Crippen molar-refractivity contribution >= 4 is 23.9 Å². The van der Waals surface area contributed by atoms with Gasteiger partial charge in [-0.2, -0.15) is 0 Å². The molecule has 0 aromatic rings. The highest BCUT2D eigenvalue weighted by atomic mass is 16.5. The monoisotopic (exact) mass is 947 g/mol. The molecular weight excluding hydrogens is 849 g/mol. The van der Waals surface area contributed by atoms with Gasteiger partial charge >= 0.3 is 23.9 Å². The molecule has 1 rings (SSSR count). The molecule has 0 atom stereocenters. The maximum absolute atomic E-state index is 11.8. The highest BCUT2D eigenvalue weighted by Gasteiger charge is 2.05. The molecule has 0 bridgehead atoms. The molecule has 0 fully saturated rings. The molecule has 0 saturated heterocycles. The lowest BCUT2D eigenvalue weighted by atomic mass is 10.1. The Hall–Kier alpha value is -3.96. The van der Waals surface area contributed by atoms with Crippen LogP contribution >= 0.6 is 0 Å². The summed E-state index contributed by atoms with van der Waals surface area (Å²) in [5, 5.41) is 0. The van der Waals surface area contributed by atoms with Crippen LogP contribution in [0, 0.1) is 35.5 Å². The maximum atomic E-state index is 11.8. The zero-order valence-corrected chi connectivity index (χ0v) is 43.7. The molecule has 0 unspecified atom stereocenters. The fourth-order valence-electron chi connectivity index (χ4n) is 7.63. The number of esters is 4. The smallest absolute Gasteiger partial charge is 0.309 e. The first-order valence-corrected chi connectivity index (χ1v) is 27.7. The molecule has 1 aliphatic rings. The molecule has 0 amide bonds. The first kappa shape index (κ1) is 64.0.